The molecular formula is C22H23N5O3S. The number of hydrogen-bond acceptors (Lipinski definition) is 5. The SMILES string of the molecule is Cc1ccc(N(CC(=O)Nc2cccc(C#N)c2)S(=O)(=O)c2c(C)nn(C)c2C)cc1. The van der Waals surface area contributed by atoms with Gasteiger partial charge in [0.15, 0.2) is 0 Å². The summed E-state index contributed by atoms with van der Waals surface area (Å²) < 4.78 is 29.8. The van der Waals surface area contributed by atoms with E-state index in [-0.39, 0.29) is 4.90 Å². The number of nitrogens with zero attached hydrogens (tertiary/aromatic N) is 4. The highest BCUT2D eigenvalue weighted by Crippen LogP contribution is 2.28. The van der Waals surface area contributed by atoms with Crippen molar-refractivity contribution >= 4 is 27.3 Å². The summed E-state index contributed by atoms with van der Waals surface area (Å²) in [7, 11) is -2.40. The van der Waals surface area contributed by atoms with Crippen LogP contribution in [-0.4, -0.2) is 30.7 Å². The van der Waals surface area contributed by atoms with Gasteiger partial charge in [0.2, 0.25) is 5.91 Å². The average molecular weight is 438 g/mol. The van der Waals surface area contributed by atoms with Crippen LogP contribution in [0.15, 0.2) is 53.4 Å². The van der Waals surface area contributed by atoms with E-state index < -0.39 is 22.5 Å². The van der Waals surface area contributed by atoms with Crippen LogP contribution in [0.4, 0.5) is 11.4 Å². The minimum absolute atomic E-state index is 0.0786. The molecule has 0 aliphatic rings. The first-order valence-electron chi connectivity index (χ1n) is 9.53. The van der Waals surface area contributed by atoms with Gasteiger partial charge in [0.05, 0.1) is 28.7 Å². The zero-order chi connectivity index (χ0) is 22.8. The van der Waals surface area contributed by atoms with Crippen LogP contribution in [0.25, 0.3) is 0 Å². The predicted molar refractivity (Wildman–Crippen MR) is 118 cm³/mol. The van der Waals surface area contributed by atoms with Gasteiger partial charge in [-0.05, 0) is 51.1 Å². The number of nitriles is 1. The molecule has 0 spiro atoms. The molecule has 0 radical (unpaired) electrons. The summed E-state index contributed by atoms with van der Waals surface area (Å²) in [5, 5.41) is 15.9. The van der Waals surface area contributed by atoms with Gasteiger partial charge in [-0.2, -0.15) is 10.4 Å². The smallest absolute Gasteiger partial charge is 0.268 e. The fourth-order valence-corrected chi connectivity index (χ4v) is 5.09. The third-order valence-corrected chi connectivity index (χ3v) is 6.90. The average Bonchev–Trinajstić information content (AvgIpc) is 2.99. The molecule has 160 valence electrons. The molecule has 0 bridgehead atoms. The molecule has 8 nitrogen and oxygen atoms in total. The lowest BCUT2D eigenvalue weighted by Crippen LogP contribution is -2.38. The van der Waals surface area contributed by atoms with Gasteiger partial charge in [-0.3, -0.25) is 13.8 Å². The Hall–Kier alpha value is -3.64. The number of aryl methyl sites for hydroxylation is 3. The van der Waals surface area contributed by atoms with Gasteiger partial charge < -0.3 is 5.32 Å². The molecule has 0 atom stereocenters. The summed E-state index contributed by atoms with van der Waals surface area (Å²) in [6.07, 6.45) is 0. The summed E-state index contributed by atoms with van der Waals surface area (Å²) >= 11 is 0. The predicted octanol–water partition coefficient (Wildman–Crippen LogP) is 3.05. The van der Waals surface area contributed by atoms with Crippen LogP contribution in [0.2, 0.25) is 0 Å². The van der Waals surface area contributed by atoms with E-state index in [0.717, 1.165) is 9.87 Å². The Morgan fingerprint density at radius 1 is 1.16 bits per heavy atom. The summed E-state index contributed by atoms with van der Waals surface area (Å²) in [4.78, 5) is 12.9. The summed E-state index contributed by atoms with van der Waals surface area (Å²) in [5.74, 6) is -0.529. The van der Waals surface area contributed by atoms with Crippen molar-refractivity contribution in [3.63, 3.8) is 0 Å². The Morgan fingerprint density at radius 2 is 1.84 bits per heavy atom. The van der Waals surface area contributed by atoms with Crippen molar-refractivity contribution in [1.29, 1.82) is 5.26 Å². The van der Waals surface area contributed by atoms with Crippen LogP contribution in [-0.2, 0) is 21.9 Å². The third kappa shape index (κ3) is 4.59. The Balaban J connectivity index is 2.00. The molecule has 9 heteroatoms. The van der Waals surface area contributed by atoms with Gasteiger partial charge in [-0.1, -0.05) is 23.8 Å². The van der Waals surface area contributed by atoms with Gasteiger partial charge in [0, 0.05) is 12.7 Å². The molecule has 1 amide bonds. The van der Waals surface area contributed by atoms with Gasteiger partial charge in [-0.15, -0.1) is 0 Å². The number of carbonyl (C=O) groups excluding carboxylic acids is 1. The summed E-state index contributed by atoms with van der Waals surface area (Å²) in [6.45, 7) is 4.76. The highest BCUT2D eigenvalue weighted by molar-refractivity contribution is 7.93. The number of rotatable bonds is 6. The molecule has 0 aliphatic heterocycles. The van der Waals surface area contributed by atoms with E-state index in [9.17, 15) is 13.2 Å². The molecule has 2 aromatic carbocycles. The van der Waals surface area contributed by atoms with Crippen molar-refractivity contribution in [2.75, 3.05) is 16.2 Å². The second-order valence-corrected chi connectivity index (χ2v) is 9.01. The maximum Gasteiger partial charge on any atom is 0.268 e. The number of aromatic nitrogens is 2. The Labute approximate surface area is 181 Å². The van der Waals surface area contributed by atoms with Gasteiger partial charge in [-0.25, -0.2) is 8.42 Å². The maximum atomic E-state index is 13.6. The van der Waals surface area contributed by atoms with Crippen LogP contribution in [0.5, 0.6) is 0 Å². The highest BCUT2D eigenvalue weighted by atomic mass is 32.2. The molecule has 0 unspecified atom stereocenters. The number of nitrogens with one attached hydrogen (secondary N) is 1. The molecular weight excluding hydrogens is 414 g/mol. The lowest BCUT2D eigenvalue weighted by atomic mass is 10.2. The first-order chi connectivity index (χ1) is 14.6. The van der Waals surface area contributed by atoms with Gasteiger partial charge in [0.25, 0.3) is 10.0 Å². The molecule has 1 aromatic heterocycles. The summed E-state index contributed by atoms with van der Waals surface area (Å²) in [6, 6.07) is 15.3. The molecule has 0 aliphatic carbocycles. The van der Waals surface area contributed by atoms with Crippen molar-refractivity contribution in [2.24, 2.45) is 7.05 Å². The third-order valence-electron chi connectivity index (χ3n) is 4.88. The molecule has 1 heterocycles. The van der Waals surface area contributed by atoms with Crippen molar-refractivity contribution in [3.8, 4) is 6.07 Å². The molecule has 0 saturated heterocycles. The van der Waals surface area contributed by atoms with Crippen LogP contribution in [0.1, 0.15) is 22.5 Å². The second-order valence-electron chi connectivity index (χ2n) is 7.21. The largest absolute Gasteiger partial charge is 0.324 e. The van der Waals surface area contributed by atoms with E-state index in [1.54, 1.807) is 63.4 Å². The van der Waals surface area contributed by atoms with Crippen LogP contribution < -0.4 is 9.62 Å². The standard InChI is InChI=1S/C22H23N5O3S/c1-15-8-10-20(11-9-15)27(31(29,30)22-16(2)25-26(4)17(22)3)14-21(28)24-19-7-5-6-18(12-19)13-23/h5-12H,14H2,1-4H3,(H,24,28). The maximum absolute atomic E-state index is 13.6. The second kappa shape index (κ2) is 8.62. The van der Waals surface area contributed by atoms with Crippen molar-refractivity contribution in [2.45, 2.75) is 25.7 Å². The molecule has 3 rings (SSSR count). The molecule has 1 N–H and O–H groups in total. The number of amides is 1. The number of sulfonamides is 1. The zero-order valence-corrected chi connectivity index (χ0v) is 18.6. The van der Waals surface area contributed by atoms with E-state index in [2.05, 4.69) is 10.4 Å². The number of hydrogen-bond donors (Lipinski definition) is 1. The molecule has 0 saturated carbocycles. The normalized spacial score (nSPS) is 11.1. The first kappa shape index (κ1) is 22.1. The van der Waals surface area contributed by atoms with Crippen molar-refractivity contribution in [3.05, 3.63) is 71.0 Å². The van der Waals surface area contributed by atoms with E-state index in [1.165, 1.54) is 10.7 Å². The minimum Gasteiger partial charge on any atom is -0.324 e. The van der Waals surface area contributed by atoms with E-state index in [1.807, 2.05) is 13.0 Å². The van der Waals surface area contributed by atoms with Crippen LogP contribution in [0.3, 0.4) is 0 Å². The van der Waals surface area contributed by atoms with Crippen LogP contribution in [0, 0.1) is 32.1 Å². The highest BCUT2D eigenvalue weighted by Gasteiger charge is 2.32. The Bertz CT molecular complexity index is 1270. The molecule has 31 heavy (non-hydrogen) atoms. The van der Waals surface area contributed by atoms with E-state index >= 15 is 0 Å². The van der Waals surface area contributed by atoms with Crippen molar-refractivity contribution < 1.29 is 13.2 Å². The van der Waals surface area contributed by atoms with E-state index in [4.69, 9.17) is 5.26 Å². The number of carbonyl (C=O) groups is 1. The zero-order valence-electron chi connectivity index (χ0n) is 17.7. The van der Waals surface area contributed by atoms with E-state index in [0.29, 0.717) is 28.3 Å². The topological polar surface area (TPSA) is 108 Å². The minimum atomic E-state index is -4.07. The lowest BCUT2D eigenvalue weighted by molar-refractivity contribution is -0.114. The molecule has 0 fully saturated rings. The Morgan fingerprint density at radius 3 is 2.42 bits per heavy atom. The Kier molecular flexibility index (Phi) is 6.13. The first-order valence-corrected chi connectivity index (χ1v) is 11.0. The van der Waals surface area contributed by atoms with Crippen LogP contribution >= 0.6 is 0 Å². The lowest BCUT2D eigenvalue weighted by Gasteiger charge is -2.24. The summed E-state index contributed by atoms with van der Waals surface area (Å²) in [5.41, 5.74) is 2.99. The van der Waals surface area contributed by atoms with Gasteiger partial charge >= 0.3 is 0 Å². The monoisotopic (exact) mass is 437 g/mol. The number of benzene rings is 2. The number of anilines is 2. The van der Waals surface area contributed by atoms with Crippen molar-refractivity contribution in [1.82, 2.24) is 9.78 Å². The van der Waals surface area contributed by atoms with Gasteiger partial charge in [0.1, 0.15) is 11.4 Å². The molecule has 3 aromatic rings. The fraction of sp³-hybridized carbons (Fsp3) is 0.227. The fourth-order valence-electron chi connectivity index (χ4n) is 3.26. The quantitative estimate of drug-likeness (QED) is 0.638.